The van der Waals surface area contributed by atoms with Crippen molar-refractivity contribution < 1.29 is 27.2 Å². The van der Waals surface area contributed by atoms with Crippen LogP contribution in [0.1, 0.15) is 44.6 Å². The molecule has 0 aliphatic heterocycles. The van der Waals surface area contributed by atoms with Crippen LogP contribution < -0.4 is 0 Å². The maximum absolute atomic E-state index is 12.5. The summed E-state index contributed by atoms with van der Waals surface area (Å²) in [4.78, 5) is 12.2. The highest BCUT2D eigenvalue weighted by Gasteiger charge is 2.39. The third kappa shape index (κ3) is 5.26. The van der Waals surface area contributed by atoms with Crippen molar-refractivity contribution in [3.63, 3.8) is 0 Å². The van der Waals surface area contributed by atoms with E-state index in [9.17, 15) is 18.3 Å². The molecule has 1 saturated carbocycles. The smallest absolute Gasteiger partial charge is 0.339 e. The van der Waals surface area contributed by atoms with Gasteiger partial charge in [0.1, 0.15) is 0 Å². The number of carbonyl (C=O) groups excluding carboxylic acids is 1. The SMILES string of the molecule is CCOC(=O)C(OS(=O)(=O)c1ccc(C)cc1)C(O)C1CCCCC1. The van der Waals surface area contributed by atoms with Crippen molar-refractivity contribution in [3.05, 3.63) is 29.8 Å². The molecule has 140 valence electrons. The second-order valence-corrected chi connectivity index (χ2v) is 8.00. The normalized spacial score (nSPS) is 18.5. The quantitative estimate of drug-likeness (QED) is 0.586. The summed E-state index contributed by atoms with van der Waals surface area (Å²) in [5, 5.41) is 10.6. The van der Waals surface area contributed by atoms with Gasteiger partial charge in [0.25, 0.3) is 10.1 Å². The predicted molar refractivity (Wildman–Crippen MR) is 92.5 cm³/mol. The van der Waals surface area contributed by atoms with Gasteiger partial charge in [-0.2, -0.15) is 8.42 Å². The van der Waals surface area contributed by atoms with E-state index in [0.29, 0.717) is 0 Å². The van der Waals surface area contributed by atoms with Gasteiger partial charge in [-0.05, 0) is 44.7 Å². The minimum absolute atomic E-state index is 0.0526. The third-order valence-electron chi connectivity index (χ3n) is 4.50. The fourth-order valence-electron chi connectivity index (χ4n) is 3.08. The summed E-state index contributed by atoms with van der Waals surface area (Å²) in [6.07, 6.45) is 1.70. The molecule has 0 saturated heterocycles. The largest absolute Gasteiger partial charge is 0.464 e. The molecule has 1 aliphatic rings. The van der Waals surface area contributed by atoms with Crippen LogP contribution in [-0.2, 0) is 23.8 Å². The summed E-state index contributed by atoms with van der Waals surface area (Å²) < 4.78 is 35.1. The van der Waals surface area contributed by atoms with Gasteiger partial charge in [-0.1, -0.05) is 37.0 Å². The third-order valence-corrected chi connectivity index (χ3v) is 5.81. The summed E-state index contributed by atoms with van der Waals surface area (Å²) in [6, 6.07) is 6.13. The zero-order valence-electron chi connectivity index (χ0n) is 14.7. The number of carbonyl (C=O) groups is 1. The number of aryl methyl sites for hydroxylation is 1. The lowest BCUT2D eigenvalue weighted by molar-refractivity contribution is -0.159. The van der Waals surface area contributed by atoms with Gasteiger partial charge in [-0.25, -0.2) is 8.98 Å². The van der Waals surface area contributed by atoms with Gasteiger partial charge in [0.2, 0.25) is 6.10 Å². The van der Waals surface area contributed by atoms with Crippen molar-refractivity contribution in [2.45, 2.75) is 63.1 Å². The fraction of sp³-hybridized carbons (Fsp3) is 0.611. The lowest BCUT2D eigenvalue weighted by Crippen LogP contribution is -2.44. The predicted octanol–water partition coefficient (Wildman–Crippen LogP) is 2.57. The number of aliphatic hydroxyl groups is 1. The zero-order chi connectivity index (χ0) is 18.4. The van der Waals surface area contributed by atoms with Crippen LogP contribution in [0.2, 0.25) is 0 Å². The highest BCUT2D eigenvalue weighted by atomic mass is 32.2. The highest BCUT2D eigenvalue weighted by molar-refractivity contribution is 7.86. The summed E-state index contributed by atoms with van der Waals surface area (Å²) in [5.74, 6) is -1.02. The van der Waals surface area contributed by atoms with Crippen LogP contribution in [0.15, 0.2) is 29.2 Å². The van der Waals surface area contributed by atoms with Crippen LogP contribution in [0.3, 0.4) is 0 Å². The molecule has 1 aromatic carbocycles. The van der Waals surface area contributed by atoms with Gasteiger partial charge in [0.05, 0.1) is 17.6 Å². The van der Waals surface area contributed by atoms with E-state index >= 15 is 0 Å². The Morgan fingerprint density at radius 2 is 1.80 bits per heavy atom. The lowest BCUT2D eigenvalue weighted by atomic mass is 9.83. The molecule has 1 aliphatic carbocycles. The average molecular weight is 370 g/mol. The van der Waals surface area contributed by atoms with Gasteiger partial charge < -0.3 is 9.84 Å². The zero-order valence-corrected chi connectivity index (χ0v) is 15.5. The summed E-state index contributed by atoms with van der Waals surface area (Å²) >= 11 is 0. The molecule has 0 aromatic heterocycles. The first-order valence-corrected chi connectivity index (χ1v) is 10.1. The Bertz CT molecular complexity index is 661. The molecule has 0 bridgehead atoms. The number of esters is 1. The molecular weight excluding hydrogens is 344 g/mol. The van der Waals surface area contributed by atoms with Crippen molar-refractivity contribution in [1.82, 2.24) is 0 Å². The number of ether oxygens (including phenoxy) is 1. The Morgan fingerprint density at radius 1 is 1.20 bits per heavy atom. The first-order valence-electron chi connectivity index (χ1n) is 8.70. The maximum atomic E-state index is 12.5. The average Bonchev–Trinajstić information content (AvgIpc) is 2.60. The first-order chi connectivity index (χ1) is 11.8. The van der Waals surface area contributed by atoms with E-state index < -0.39 is 28.3 Å². The highest BCUT2D eigenvalue weighted by Crippen LogP contribution is 2.30. The Labute approximate surface area is 149 Å². The molecule has 0 spiro atoms. The van der Waals surface area contributed by atoms with Gasteiger partial charge >= 0.3 is 5.97 Å². The molecule has 1 N–H and O–H groups in total. The summed E-state index contributed by atoms with van der Waals surface area (Å²) in [5.41, 5.74) is 0.906. The fourth-order valence-corrected chi connectivity index (χ4v) is 4.13. The van der Waals surface area contributed by atoms with Crippen LogP contribution in [0.25, 0.3) is 0 Å². The van der Waals surface area contributed by atoms with Crippen molar-refractivity contribution in [1.29, 1.82) is 0 Å². The molecule has 0 radical (unpaired) electrons. The van der Waals surface area contributed by atoms with Gasteiger partial charge in [-0.3, -0.25) is 0 Å². The van der Waals surface area contributed by atoms with E-state index in [1.807, 2.05) is 6.92 Å². The second kappa shape index (κ2) is 8.78. The Morgan fingerprint density at radius 3 is 2.36 bits per heavy atom. The molecule has 2 rings (SSSR count). The van der Waals surface area contributed by atoms with Gasteiger partial charge in [0, 0.05) is 0 Å². The molecule has 2 atom stereocenters. The maximum Gasteiger partial charge on any atom is 0.339 e. The Kier molecular flexibility index (Phi) is 6.98. The van der Waals surface area contributed by atoms with E-state index in [-0.39, 0.29) is 17.4 Å². The van der Waals surface area contributed by atoms with E-state index in [2.05, 4.69) is 0 Å². The monoisotopic (exact) mass is 370 g/mol. The van der Waals surface area contributed by atoms with Crippen LogP contribution in [0, 0.1) is 12.8 Å². The molecule has 1 fully saturated rings. The van der Waals surface area contributed by atoms with Gasteiger partial charge in [0.15, 0.2) is 0 Å². The second-order valence-electron chi connectivity index (χ2n) is 6.42. The standard InChI is InChI=1S/C18H26O6S/c1-3-23-18(20)17(16(19)14-7-5-4-6-8-14)24-25(21,22)15-11-9-13(2)10-12-15/h9-12,14,16-17,19H,3-8H2,1-2H3. The molecule has 0 amide bonds. The van der Waals surface area contributed by atoms with Crippen LogP contribution in [0.4, 0.5) is 0 Å². The number of benzene rings is 1. The molecule has 6 nitrogen and oxygen atoms in total. The van der Waals surface area contributed by atoms with Crippen molar-refractivity contribution >= 4 is 16.1 Å². The van der Waals surface area contributed by atoms with Crippen molar-refractivity contribution in [2.24, 2.45) is 5.92 Å². The van der Waals surface area contributed by atoms with E-state index in [4.69, 9.17) is 8.92 Å². The molecule has 0 heterocycles. The van der Waals surface area contributed by atoms with Gasteiger partial charge in [-0.15, -0.1) is 0 Å². The van der Waals surface area contributed by atoms with Crippen LogP contribution in [-0.4, -0.2) is 38.3 Å². The van der Waals surface area contributed by atoms with Crippen molar-refractivity contribution in [3.8, 4) is 0 Å². The first kappa shape index (κ1) is 19.9. The Balaban J connectivity index is 2.22. The molecule has 1 aromatic rings. The van der Waals surface area contributed by atoms with E-state index in [1.54, 1.807) is 19.1 Å². The Hall–Kier alpha value is -1.44. The topological polar surface area (TPSA) is 89.9 Å². The minimum atomic E-state index is -4.18. The van der Waals surface area contributed by atoms with Crippen LogP contribution >= 0.6 is 0 Å². The lowest BCUT2D eigenvalue weighted by Gasteiger charge is -2.30. The number of hydrogen-bond acceptors (Lipinski definition) is 6. The summed E-state index contributed by atoms with van der Waals surface area (Å²) in [6.45, 7) is 3.54. The molecule has 2 unspecified atom stereocenters. The minimum Gasteiger partial charge on any atom is -0.464 e. The summed E-state index contributed by atoms with van der Waals surface area (Å²) in [7, 11) is -4.18. The van der Waals surface area contributed by atoms with E-state index in [1.165, 1.54) is 12.1 Å². The molecule has 25 heavy (non-hydrogen) atoms. The number of hydrogen-bond donors (Lipinski definition) is 1. The molecule has 7 heteroatoms. The van der Waals surface area contributed by atoms with Crippen molar-refractivity contribution in [2.75, 3.05) is 6.61 Å². The number of rotatable bonds is 7. The molecular formula is C18H26O6S. The van der Waals surface area contributed by atoms with Crippen LogP contribution in [0.5, 0.6) is 0 Å². The van der Waals surface area contributed by atoms with E-state index in [0.717, 1.165) is 37.7 Å². The number of aliphatic hydroxyl groups excluding tert-OH is 1.